The number of hydrogen-bond acceptors (Lipinski definition) is 3. The Morgan fingerprint density at radius 3 is 2.44 bits per heavy atom. The van der Waals surface area contributed by atoms with Crippen molar-refractivity contribution in [3.63, 3.8) is 0 Å². The Labute approximate surface area is 183 Å². The van der Waals surface area contributed by atoms with E-state index in [4.69, 9.17) is 0 Å². The van der Waals surface area contributed by atoms with Gasteiger partial charge in [0.25, 0.3) is 5.56 Å². The normalized spacial score (nSPS) is 16.9. The van der Waals surface area contributed by atoms with Crippen LogP contribution in [-0.2, 0) is 6.54 Å². The summed E-state index contributed by atoms with van der Waals surface area (Å²) in [7, 11) is 0. The summed E-state index contributed by atoms with van der Waals surface area (Å²) >= 11 is 0. The molecule has 0 spiro atoms. The van der Waals surface area contributed by atoms with E-state index in [0.717, 1.165) is 49.8 Å². The van der Waals surface area contributed by atoms with Crippen LogP contribution in [0.3, 0.4) is 0 Å². The summed E-state index contributed by atoms with van der Waals surface area (Å²) in [5, 5.41) is 4.37. The van der Waals surface area contributed by atoms with Gasteiger partial charge in [0.15, 0.2) is 0 Å². The highest BCUT2D eigenvalue weighted by Crippen LogP contribution is 2.35. The lowest BCUT2D eigenvalue weighted by molar-refractivity contribution is 0.266. The van der Waals surface area contributed by atoms with E-state index in [1.54, 1.807) is 29.1 Å². The molecule has 0 amide bonds. The molecular formula is C24H24FN5O2. The number of nitrogens with zero attached hydrogens (tertiary/aromatic N) is 4. The van der Waals surface area contributed by atoms with E-state index in [9.17, 15) is 14.0 Å². The van der Waals surface area contributed by atoms with Gasteiger partial charge in [-0.2, -0.15) is 5.10 Å². The summed E-state index contributed by atoms with van der Waals surface area (Å²) in [5.41, 5.74) is 2.79. The number of benzene rings is 1. The number of H-pyrrole nitrogens is 1. The van der Waals surface area contributed by atoms with Gasteiger partial charge in [-0.05, 0) is 50.7 Å². The number of hydrogen-bond donors (Lipinski definition) is 1. The SMILES string of the molecule is O=c1c2[nH]c(-c3cnn(Cc4ccccc4F)c3)cc2n(C2CCC2)c(=O)n1C1CCC1. The van der Waals surface area contributed by atoms with E-state index < -0.39 is 0 Å². The van der Waals surface area contributed by atoms with Gasteiger partial charge in [0.1, 0.15) is 11.3 Å². The summed E-state index contributed by atoms with van der Waals surface area (Å²) in [5.74, 6) is -0.267. The van der Waals surface area contributed by atoms with Gasteiger partial charge in [-0.3, -0.25) is 18.6 Å². The number of halogens is 1. The smallest absolute Gasteiger partial charge is 0.332 e. The van der Waals surface area contributed by atoms with E-state index in [2.05, 4.69) is 10.1 Å². The second-order valence-corrected chi connectivity index (χ2v) is 8.96. The van der Waals surface area contributed by atoms with Crippen molar-refractivity contribution in [2.24, 2.45) is 0 Å². The zero-order valence-corrected chi connectivity index (χ0v) is 17.6. The minimum Gasteiger partial charge on any atom is -0.349 e. The first-order chi connectivity index (χ1) is 15.6. The summed E-state index contributed by atoms with van der Waals surface area (Å²) in [6.45, 7) is 0.314. The fraction of sp³-hybridized carbons (Fsp3) is 0.375. The van der Waals surface area contributed by atoms with Gasteiger partial charge in [0.05, 0.1) is 24.0 Å². The van der Waals surface area contributed by atoms with Crippen LogP contribution in [0, 0.1) is 5.82 Å². The van der Waals surface area contributed by atoms with E-state index in [-0.39, 0.29) is 29.1 Å². The van der Waals surface area contributed by atoms with Crippen LogP contribution in [0.1, 0.15) is 56.2 Å². The van der Waals surface area contributed by atoms with Crippen LogP contribution >= 0.6 is 0 Å². The molecule has 8 heteroatoms. The molecule has 1 aromatic carbocycles. The molecule has 2 saturated carbocycles. The second-order valence-electron chi connectivity index (χ2n) is 8.96. The Balaban J connectivity index is 1.44. The first kappa shape index (κ1) is 19.3. The predicted octanol–water partition coefficient (Wildman–Crippen LogP) is 3.99. The maximum absolute atomic E-state index is 14.0. The highest BCUT2D eigenvalue weighted by Gasteiger charge is 2.30. The standard InChI is InChI=1S/C24H24FN5O2/c25-19-10-2-1-5-15(19)13-28-14-16(12-26-28)20-11-21-22(27-20)23(31)30(18-8-4-9-18)24(32)29(21)17-6-3-7-17/h1-2,5,10-12,14,17-18,27H,3-4,6-9,13H2. The van der Waals surface area contributed by atoms with Gasteiger partial charge >= 0.3 is 5.69 Å². The highest BCUT2D eigenvalue weighted by molar-refractivity contribution is 5.82. The van der Waals surface area contributed by atoms with Crippen LogP contribution in [0.2, 0.25) is 0 Å². The van der Waals surface area contributed by atoms with Crippen molar-refractivity contribution < 1.29 is 4.39 Å². The molecule has 0 atom stereocenters. The van der Waals surface area contributed by atoms with E-state index in [1.807, 2.05) is 16.8 Å². The monoisotopic (exact) mass is 433 g/mol. The lowest BCUT2D eigenvalue weighted by atomic mass is 9.91. The van der Waals surface area contributed by atoms with Crippen LogP contribution in [0.4, 0.5) is 4.39 Å². The molecule has 7 nitrogen and oxygen atoms in total. The molecule has 0 bridgehead atoms. The summed E-state index contributed by atoms with van der Waals surface area (Å²) in [6, 6.07) is 8.66. The zero-order chi connectivity index (χ0) is 21.8. The van der Waals surface area contributed by atoms with E-state index in [0.29, 0.717) is 23.1 Å². The summed E-state index contributed by atoms with van der Waals surface area (Å²) < 4.78 is 19.0. The molecule has 0 unspecified atom stereocenters. The van der Waals surface area contributed by atoms with Crippen LogP contribution in [-0.4, -0.2) is 23.9 Å². The average Bonchev–Trinajstić information content (AvgIpc) is 3.34. The largest absolute Gasteiger partial charge is 0.349 e. The van der Waals surface area contributed by atoms with Crippen LogP contribution in [0.15, 0.2) is 52.3 Å². The fourth-order valence-corrected chi connectivity index (χ4v) is 4.73. The molecule has 0 radical (unpaired) electrons. The number of rotatable bonds is 5. The second kappa shape index (κ2) is 7.32. The minimum atomic E-state index is -0.267. The average molecular weight is 433 g/mol. The molecule has 32 heavy (non-hydrogen) atoms. The number of fused-ring (bicyclic) bond motifs is 1. The molecule has 2 aliphatic carbocycles. The molecule has 0 saturated heterocycles. The Morgan fingerprint density at radius 1 is 1.03 bits per heavy atom. The minimum absolute atomic E-state index is 0.000922. The topological polar surface area (TPSA) is 77.6 Å². The fourth-order valence-electron chi connectivity index (χ4n) is 4.73. The molecule has 4 aromatic rings. The Bertz CT molecular complexity index is 1430. The van der Waals surface area contributed by atoms with Gasteiger partial charge in [0.2, 0.25) is 0 Å². The van der Waals surface area contributed by atoms with Crippen LogP contribution in [0.5, 0.6) is 0 Å². The number of aromatic nitrogens is 5. The highest BCUT2D eigenvalue weighted by atomic mass is 19.1. The first-order valence-corrected chi connectivity index (χ1v) is 11.3. The van der Waals surface area contributed by atoms with E-state index >= 15 is 0 Å². The van der Waals surface area contributed by atoms with Gasteiger partial charge < -0.3 is 4.98 Å². The summed E-state index contributed by atoms with van der Waals surface area (Å²) in [4.78, 5) is 29.8. The quantitative estimate of drug-likeness (QED) is 0.517. The molecule has 1 N–H and O–H groups in total. The Hall–Kier alpha value is -3.42. The zero-order valence-electron chi connectivity index (χ0n) is 17.6. The first-order valence-electron chi connectivity index (χ1n) is 11.3. The summed E-state index contributed by atoms with van der Waals surface area (Å²) in [6.07, 6.45) is 9.34. The molecule has 2 fully saturated rings. The van der Waals surface area contributed by atoms with Crippen LogP contribution < -0.4 is 11.2 Å². The van der Waals surface area contributed by atoms with Crippen LogP contribution in [0.25, 0.3) is 22.3 Å². The molecular weight excluding hydrogens is 409 g/mol. The molecule has 6 rings (SSSR count). The third-order valence-electron chi connectivity index (χ3n) is 7.02. The van der Waals surface area contributed by atoms with Gasteiger partial charge in [-0.15, -0.1) is 0 Å². The number of nitrogens with one attached hydrogen (secondary N) is 1. The lowest BCUT2D eigenvalue weighted by Gasteiger charge is -2.32. The van der Waals surface area contributed by atoms with Crippen molar-refractivity contribution in [2.75, 3.05) is 0 Å². The van der Waals surface area contributed by atoms with Crippen molar-refractivity contribution in [1.82, 2.24) is 23.9 Å². The predicted molar refractivity (Wildman–Crippen MR) is 119 cm³/mol. The molecule has 164 valence electrons. The molecule has 3 heterocycles. The Morgan fingerprint density at radius 2 is 1.75 bits per heavy atom. The van der Waals surface area contributed by atoms with Crippen molar-refractivity contribution in [1.29, 1.82) is 0 Å². The van der Waals surface area contributed by atoms with E-state index in [1.165, 1.54) is 10.6 Å². The van der Waals surface area contributed by atoms with Gasteiger partial charge in [-0.25, -0.2) is 9.18 Å². The molecule has 0 aliphatic heterocycles. The van der Waals surface area contributed by atoms with Crippen molar-refractivity contribution in [2.45, 2.75) is 57.2 Å². The third kappa shape index (κ3) is 2.97. The van der Waals surface area contributed by atoms with Crippen molar-refractivity contribution in [3.05, 3.63) is 74.9 Å². The van der Waals surface area contributed by atoms with Gasteiger partial charge in [0, 0.05) is 29.4 Å². The van der Waals surface area contributed by atoms with Crippen molar-refractivity contribution >= 4 is 11.0 Å². The maximum atomic E-state index is 14.0. The maximum Gasteiger partial charge on any atom is 0.332 e. The molecule has 2 aliphatic rings. The third-order valence-corrected chi connectivity index (χ3v) is 7.02. The van der Waals surface area contributed by atoms with Crippen molar-refractivity contribution in [3.8, 4) is 11.3 Å². The van der Waals surface area contributed by atoms with Gasteiger partial charge in [-0.1, -0.05) is 18.2 Å². The molecule has 3 aromatic heterocycles. The lowest BCUT2D eigenvalue weighted by Crippen LogP contribution is -2.45. The number of aromatic amines is 1. The Kier molecular flexibility index (Phi) is 4.41.